The molecular formula is C29H23FN4O3. The van der Waals surface area contributed by atoms with Crippen LogP contribution in [0.4, 0.5) is 10.1 Å². The van der Waals surface area contributed by atoms with E-state index >= 15 is 0 Å². The minimum Gasteiger partial charge on any atom is -0.296 e. The number of amides is 2. The van der Waals surface area contributed by atoms with Gasteiger partial charge in [0, 0.05) is 11.6 Å². The van der Waals surface area contributed by atoms with Crippen molar-refractivity contribution in [1.82, 2.24) is 14.9 Å². The van der Waals surface area contributed by atoms with Gasteiger partial charge in [0.05, 0.1) is 34.1 Å². The number of carbonyl (C=O) groups is 2. The molecule has 2 amide bonds. The van der Waals surface area contributed by atoms with Gasteiger partial charge < -0.3 is 0 Å². The minimum absolute atomic E-state index is 0.0300. The molecule has 2 unspecified atom stereocenters. The van der Waals surface area contributed by atoms with Gasteiger partial charge in [0.15, 0.2) is 0 Å². The highest BCUT2D eigenvalue weighted by atomic mass is 19.1. The van der Waals surface area contributed by atoms with Crippen LogP contribution in [-0.4, -0.2) is 27.4 Å². The lowest BCUT2D eigenvalue weighted by atomic mass is 9.75. The van der Waals surface area contributed by atoms with Gasteiger partial charge in [-0.3, -0.25) is 24.3 Å². The van der Waals surface area contributed by atoms with E-state index in [9.17, 15) is 18.8 Å². The summed E-state index contributed by atoms with van der Waals surface area (Å²) in [5.41, 5.74) is 0.330. The Balaban J connectivity index is 1.55. The fourth-order valence-corrected chi connectivity index (χ4v) is 6.59. The molecule has 2 saturated heterocycles. The molecule has 37 heavy (non-hydrogen) atoms. The Kier molecular flexibility index (Phi) is 4.43. The minimum atomic E-state index is -1.23. The number of nitrogens with one attached hydrogen (secondary N) is 1. The number of imide groups is 1. The molecule has 0 aliphatic carbocycles. The van der Waals surface area contributed by atoms with Crippen LogP contribution >= 0.6 is 0 Å². The largest absolute Gasteiger partial charge is 0.296 e. The third kappa shape index (κ3) is 2.63. The number of halogens is 1. The zero-order chi connectivity index (χ0) is 25.6. The first kappa shape index (κ1) is 22.1. The number of hydrogen-bond donors (Lipinski definition) is 1. The van der Waals surface area contributed by atoms with Crippen molar-refractivity contribution in [2.45, 2.75) is 25.4 Å². The van der Waals surface area contributed by atoms with Crippen molar-refractivity contribution in [1.29, 1.82) is 0 Å². The molecule has 3 aliphatic heterocycles. The zero-order valence-electron chi connectivity index (χ0n) is 20.2. The van der Waals surface area contributed by atoms with Crippen molar-refractivity contribution in [3.05, 3.63) is 100 Å². The average molecular weight is 495 g/mol. The van der Waals surface area contributed by atoms with Crippen LogP contribution in [0.3, 0.4) is 0 Å². The highest BCUT2D eigenvalue weighted by molar-refractivity contribution is 6.23. The quantitative estimate of drug-likeness (QED) is 0.431. The standard InChI is InChI=1S/C29H23FN4O3/c1-15(2)24-22-23(27(37)33(26(22)36)21-14-8-5-11-18(21)30)29(32-24)17-10-4-7-13-20(17)34-25(35)16-9-3-6-12-19(16)31-28(29)34/h3-15,22-24,32H,1-2H3/t22-,23-,24?,29?/m1/s1. The van der Waals surface area contributed by atoms with Gasteiger partial charge in [0.1, 0.15) is 17.2 Å². The third-order valence-electron chi connectivity index (χ3n) is 8.11. The van der Waals surface area contributed by atoms with E-state index in [1.54, 1.807) is 28.8 Å². The summed E-state index contributed by atoms with van der Waals surface area (Å²) in [6.07, 6.45) is 0. The molecule has 3 aliphatic rings. The van der Waals surface area contributed by atoms with Crippen molar-refractivity contribution in [3.8, 4) is 5.69 Å². The number of hydrogen-bond acceptors (Lipinski definition) is 5. The van der Waals surface area contributed by atoms with Gasteiger partial charge in [-0.2, -0.15) is 0 Å². The molecule has 3 aromatic carbocycles. The Morgan fingerprint density at radius 3 is 2.32 bits per heavy atom. The predicted molar refractivity (Wildman–Crippen MR) is 136 cm³/mol. The number of benzene rings is 3. The normalized spacial score (nSPS) is 25.8. The summed E-state index contributed by atoms with van der Waals surface area (Å²) in [6, 6.07) is 19.9. The molecule has 184 valence electrons. The maximum atomic E-state index is 14.9. The summed E-state index contributed by atoms with van der Waals surface area (Å²) in [5.74, 6) is -2.89. The summed E-state index contributed by atoms with van der Waals surface area (Å²) < 4.78 is 16.4. The smallest absolute Gasteiger partial charge is 0.266 e. The van der Waals surface area contributed by atoms with E-state index < -0.39 is 41.0 Å². The monoisotopic (exact) mass is 494 g/mol. The summed E-state index contributed by atoms with van der Waals surface area (Å²) in [5, 5.41) is 4.10. The number of carbonyl (C=O) groups excluding carboxylic acids is 2. The van der Waals surface area contributed by atoms with Crippen molar-refractivity contribution >= 4 is 28.4 Å². The molecule has 4 aromatic rings. The fraction of sp³-hybridized carbons (Fsp3) is 0.241. The van der Waals surface area contributed by atoms with Gasteiger partial charge in [0.2, 0.25) is 11.8 Å². The topological polar surface area (TPSA) is 84.3 Å². The number of para-hydroxylation sites is 3. The van der Waals surface area contributed by atoms with E-state index in [-0.39, 0.29) is 17.2 Å². The molecule has 7 nitrogen and oxygen atoms in total. The summed E-state index contributed by atoms with van der Waals surface area (Å²) in [7, 11) is 0. The van der Waals surface area contributed by atoms with Gasteiger partial charge in [-0.25, -0.2) is 14.3 Å². The van der Waals surface area contributed by atoms with Gasteiger partial charge in [-0.05, 0) is 36.2 Å². The maximum Gasteiger partial charge on any atom is 0.266 e. The molecule has 0 bridgehead atoms. The fourth-order valence-electron chi connectivity index (χ4n) is 6.59. The van der Waals surface area contributed by atoms with Crippen LogP contribution in [-0.2, 0) is 15.1 Å². The third-order valence-corrected chi connectivity index (χ3v) is 8.11. The molecule has 2 fully saturated rings. The molecule has 1 aromatic heterocycles. The van der Waals surface area contributed by atoms with Crippen LogP contribution in [0.2, 0.25) is 0 Å². The van der Waals surface area contributed by atoms with E-state index in [0.29, 0.717) is 28.0 Å². The van der Waals surface area contributed by atoms with Gasteiger partial charge in [0.25, 0.3) is 5.56 Å². The Morgan fingerprint density at radius 2 is 1.57 bits per heavy atom. The van der Waals surface area contributed by atoms with Crippen LogP contribution in [0.5, 0.6) is 0 Å². The van der Waals surface area contributed by atoms with E-state index in [4.69, 9.17) is 4.98 Å². The second-order valence-electron chi connectivity index (χ2n) is 10.3. The van der Waals surface area contributed by atoms with E-state index in [1.807, 2.05) is 44.2 Å². The van der Waals surface area contributed by atoms with Crippen LogP contribution in [0.15, 0.2) is 77.6 Å². The van der Waals surface area contributed by atoms with E-state index in [0.717, 1.165) is 4.90 Å². The number of rotatable bonds is 2. The molecule has 7 rings (SSSR count). The Bertz CT molecular complexity index is 1710. The molecule has 1 spiro atoms. The molecule has 1 N–H and O–H groups in total. The summed E-state index contributed by atoms with van der Waals surface area (Å²) >= 11 is 0. The van der Waals surface area contributed by atoms with Crippen molar-refractivity contribution in [3.63, 3.8) is 0 Å². The zero-order valence-corrected chi connectivity index (χ0v) is 20.2. The van der Waals surface area contributed by atoms with E-state index in [1.165, 1.54) is 18.2 Å². The lowest BCUT2D eigenvalue weighted by molar-refractivity contribution is -0.123. The Labute approximate surface area is 211 Å². The van der Waals surface area contributed by atoms with Gasteiger partial charge in [-0.15, -0.1) is 0 Å². The lowest BCUT2D eigenvalue weighted by Crippen LogP contribution is -2.51. The highest BCUT2D eigenvalue weighted by Crippen LogP contribution is 2.56. The summed E-state index contributed by atoms with van der Waals surface area (Å²) in [6.45, 7) is 3.97. The maximum absolute atomic E-state index is 14.9. The SMILES string of the molecule is CC(C)C1NC2(c3ccccc3-n3c2nc2ccccc2c3=O)[C@H]2C(=O)N(c3ccccc3F)C(=O)[C@@H]12. The summed E-state index contributed by atoms with van der Waals surface area (Å²) in [4.78, 5) is 47.9. The first-order chi connectivity index (χ1) is 17.9. The van der Waals surface area contributed by atoms with Crippen LogP contribution in [0, 0.1) is 23.6 Å². The Morgan fingerprint density at radius 1 is 0.892 bits per heavy atom. The van der Waals surface area contributed by atoms with Crippen molar-refractivity contribution < 1.29 is 14.0 Å². The van der Waals surface area contributed by atoms with Crippen molar-refractivity contribution in [2.75, 3.05) is 4.90 Å². The van der Waals surface area contributed by atoms with Crippen LogP contribution in [0.1, 0.15) is 25.2 Å². The predicted octanol–water partition coefficient (Wildman–Crippen LogP) is 3.52. The highest BCUT2D eigenvalue weighted by Gasteiger charge is 2.70. The van der Waals surface area contributed by atoms with Crippen molar-refractivity contribution in [2.24, 2.45) is 17.8 Å². The second-order valence-corrected chi connectivity index (χ2v) is 10.3. The van der Waals surface area contributed by atoms with Crippen LogP contribution < -0.4 is 15.8 Å². The first-order valence-corrected chi connectivity index (χ1v) is 12.4. The molecule has 4 atom stereocenters. The van der Waals surface area contributed by atoms with Gasteiger partial charge >= 0.3 is 0 Å². The molecule has 8 heteroatoms. The van der Waals surface area contributed by atoms with Gasteiger partial charge in [-0.1, -0.05) is 56.3 Å². The number of anilines is 1. The first-order valence-electron chi connectivity index (χ1n) is 12.4. The second kappa shape index (κ2) is 7.43. The number of nitrogens with zero attached hydrogens (tertiary/aromatic N) is 3. The lowest BCUT2D eigenvalue weighted by Gasteiger charge is -2.32. The Hall–Kier alpha value is -4.17. The number of aromatic nitrogens is 2. The van der Waals surface area contributed by atoms with E-state index in [2.05, 4.69) is 5.32 Å². The van der Waals surface area contributed by atoms with Crippen LogP contribution in [0.25, 0.3) is 16.6 Å². The molecular weight excluding hydrogens is 471 g/mol. The average Bonchev–Trinajstić information content (AvgIpc) is 3.49. The molecule has 0 radical (unpaired) electrons. The number of fused-ring (bicyclic) bond motifs is 8. The molecule has 4 heterocycles. The molecule has 0 saturated carbocycles.